The van der Waals surface area contributed by atoms with E-state index >= 15 is 0 Å². The molecule has 0 spiro atoms. The topological polar surface area (TPSA) is 57.3 Å². The van der Waals surface area contributed by atoms with Gasteiger partial charge in [0.2, 0.25) is 5.89 Å². The van der Waals surface area contributed by atoms with Gasteiger partial charge in [0, 0.05) is 15.6 Å². The number of hydrogen-bond acceptors (Lipinski definition) is 4. The molecule has 0 saturated carbocycles. The first kappa shape index (κ1) is 15.5. The number of methoxy groups -OCH3 is 1. The van der Waals surface area contributed by atoms with Gasteiger partial charge in [0.25, 0.3) is 0 Å². The van der Waals surface area contributed by atoms with Crippen LogP contribution in [0.3, 0.4) is 0 Å². The maximum Gasteiger partial charge on any atom is 0.437 e. The summed E-state index contributed by atoms with van der Waals surface area (Å²) in [7, 11) is 1.56. The Kier molecular flexibility index (Phi) is 4.29. The highest BCUT2D eigenvalue weighted by Crippen LogP contribution is 2.24. The van der Waals surface area contributed by atoms with Crippen LogP contribution >= 0.6 is 15.9 Å². The fourth-order valence-electron chi connectivity index (χ4n) is 2.15. The fraction of sp³-hybridized carbons (Fsp3) is 0.125. The van der Waals surface area contributed by atoms with Gasteiger partial charge >= 0.3 is 5.76 Å². The van der Waals surface area contributed by atoms with Crippen molar-refractivity contribution in [2.75, 3.05) is 7.11 Å². The second kappa shape index (κ2) is 6.37. The van der Waals surface area contributed by atoms with Crippen LogP contribution in [-0.4, -0.2) is 16.9 Å². The van der Waals surface area contributed by atoms with Crippen molar-refractivity contribution >= 4 is 15.9 Å². The Labute approximate surface area is 139 Å². The van der Waals surface area contributed by atoms with Gasteiger partial charge in [0.05, 0.1) is 13.7 Å². The van der Waals surface area contributed by atoms with E-state index in [0.717, 1.165) is 10.0 Å². The van der Waals surface area contributed by atoms with E-state index in [2.05, 4.69) is 21.0 Å². The number of nitrogens with zero attached hydrogens (tertiary/aromatic N) is 2. The molecule has 0 aliphatic heterocycles. The molecule has 0 bridgehead atoms. The first-order chi connectivity index (χ1) is 11.1. The van der Waals surface area contributed by atoms with Crippen LogP contribution in [0.15, 0.2) is 56.1 Å². The van der Waals surface area contributed by atoms with Gasteiger partial charge < -0.3 is 9.15 Å². The Morgan fingerprint density at radius 2 is 2.00 bits per heavy atom. The van der Waals surface area contributed by atoms with E-state index in [-0.39, 0.29) is 18.3 Å². The SMILES string of the molecule is COc1ccc(Br)cc1Cn1nc(-c2ccc(F)cc2)oc1=O. The fourth-order valence-corrected chi connectivity index (χ4v) is 2.56. The maximum atomic E-state index is 13.0. The number of hydrogen-bond donors (Lipinski definition) is 0. The summed E-state index contributed by atoms with van der Waals surface area (Å²) in [5.74, 6) is -0.170. The van der Waals surface area contributed by atoms with Crippen molar-refractivity contribution in [2.45, 2.75) is 6.54 Å². The molecule has 0 saturated heterocycles. The predicted octanol–water partition coefficient (Wildman–Crippen LogP) is 3.46. The molecule has 2 aromatic carbocycles. The molecule has 0 atom stereocenters. The van der Waals surface area contributed by atoms with Crippen LogP contribution in [-0.2, 0) is 6.54 Å². The van der Waals surface area contributed by atoms with Crippen molar-refractivity contribution in [2.24, 2.45) is 0 Å². The minimum absolute atomic E-state index is 0.143. The second-order valence-corrected chi connectivity index (χ2v) is 5.71. The number of rotatable bonds is 4. The highest BCUT2D eigenvalue weighted by atomic mass is 79.9. The molecular weight excluding hydrogens is 367 g/mol. The molecule has 0 amide bonds. The van der Waals surface area contributed by atoms with Crippen molar-refractivity contribution in [3.63, 3.8) is 0 Å². The number of benzene rings is 2. The van der Waals surface area contributed by atoms with Crippen LogP contribution in [0.4, 0.5) is 4.39 Å². The van der Waals surface area contributed by atoms with Crippen molar-refractivity contribution in [1.29, 1.82) is 0 Å². The van der Waals surface area contributed by atoms with Gasteiger partial charge in [-0.15, -0.1) is 5.10 Å². The number of ether oxygens (including phenoxy) is 1. The first-order valence-electron chi connectivity index (χ1n) is 6.73. The molecular formula is C16H12BrFN2O3. The van der Waals surface area contributed by atoms with E-state index in [9.17, 15) is 9.18 Å². The molecule has 0 aliphatic carbocycles. The summed E-state index contributed by atoms with van der Waals surface area (Å²) in [4.78, 5) is 12.0. The van der Waals surface area contributed by atoms with E-state index in [1.54, 1.807) is 13.2 Å². The lowest BCUT2D eigenvalue weighted by atomic mass is 10.2. The Bertz CT molecular complexity index is 887. The lowest BCUT2D eigenvalue weighted by Crippen LogP contribution is -2.17. The summed E-state index contributed by atoms with van der Waals surface area (Å²) < 4.78 is 25.4. The van der Waals surface area contributed by atoms with Crippen LogP contribution in [0, 0.1) is 5.82 Å². The van der Waals surface area contributed by atoms with E-state index in [0.29, 0.717) is 11.3 Å². The molecule has 118 valence electrons. The van der Waals surface area contributed by atoms with E-state index in [4.69, 9.17) is 9.15 Å². The summed E-state index contributed by atoms with van der Waals surface area (Å²) in [6.45, 7) is 0.201. The zero-order chi connectivity index (χ0) is 16.4. The van der Waals surface area contributed by atoms with Crippen molar-refractivity contribution in [3.8, 4) is 17.2 Å². The van der Waals surface area contributed by atoms with Crippen LogP contribution in [0.25, 0.3) is 11.5 Å². The largest absolute Gasteiger partial charge is 0.496 e. The van der Waals surface area contributed by atoms with Gasteiger partial charge in [0.1, 0.15) is 11.6 Å². The molecule has 3 rings (SSSR count). The predicted molar refractivity (Wildman–Crippen MR) is 86.0 cm³/mol. The Morgan fingerprint density at radius 3 is 2.70 bits per heavy atom. The van der Waals surface area contributed by atoms with Gasteiger partial charge in [-0.3, -0.25) is 0 Å². The Balaban J connectivity index is 1.94. The van der Waals surface area contributed by atoms with Gasteiger partial charge in [-0.2, -0.15) is 4.68 Å². The maximum absolute atomic E-state index is 13.0. The van der Waals surface area contributed by atoms with Crippen molar-refractivity contribution in [3.05, 3.63) is 68.9 Å². The van der Waals surface area contributed by atoms with Crippen molar-refractivity contribution < 1.29 is 13.5 Å². The van der Waals surface area contributed by atoms with E-state index in [1.807, 2.05) is 12.1 Å². The van der Waals surface area contributed by atoms with Crippen LogP contribution in [0.1, 0.15) is 5.56 Å². The number of halogens is 2. The van der Waals surface area contributed by atoms with Crippen LogP contribution in [0.2, 0.25) is 0 Å². The minimum atomic E-state index is -0.591. The summed E-state index contributed by atoms with van der Waals surface area (Å²) >= 11 is 3.38. The molecule has 1 aromatic heterocycles. The third-order valence-corrected chi connectivity index (χ3v) is 3.75. The molecule has 0 unspecified atom stereocenters. The summed E-state index contributed by atoms with van der Waals surface area (Å²) in [6.07, 6.45) is 0. The van der Waals surface area contributed by atoms with Crippen LogP contribution < -0.4 is 10.5 Å². The average Bonchev–Trinajstić information content (AvgIpc) is 2.89. The third kappa shape index (κ3) is 3.34. The molecule has 1 heterocycles. The summed E-state index contributed by atoms with van der Waals surface area (Å²) in [6, 6.07) is 11.1. The van der Waals surface area contributed by atoms with Crippen molar-refractivity contribution in [1.82, 2.24) is 9.78 Å². The smallest absolute Gasteiger partial charge is 0.437 e. The molecule has 0 aliphatic rings. The second-order valence-electron chi connectivity index (χ2n) is 4.79. The van der Waals surface area contributed by atoms with E-state index < -0.39 is 5.76 Å². The normalized spacial score (nSPS) is 10.7. The lowest BCUT2D eigenvalue weighted by Gasteiger charge is -2.07. The monoisotopic (exact) mass is 378 g/mol. The molecule has 7 heteroatoms. The van der Waals surface area contributed by atoms with Crippen LogP contribution in [0.5, 0.6) is 5.75 Å². The van der Waals surface area contributed by atoms with Gasteiger partial charge in [-0.25, -0.2) is 9.18 Å². The molecule has 23 heavy (non-hydrogen) atoms. The van der Waals surface area contributed by atoms with Gasteiger partial charge in [-0.05, 0) is 42.5 Å². The Morgan fingerprint density at radius 1 is 1.26 bits per heavy atom. The summed E-state index contributed by atoms with van der Waals surface area (Å²) in [5.41, 5.74) is 1.31. The molecule has 3 aromatic rings. The summed E-state index contributed by atoms with van der Waals surface area (Å²) in [5, 5.41) is 4.15. The van der Waals surface area contributed by atoms with E-state index in [1.165, 1.54) is 28.9 Å². The quantitative estimate of drug-likeness (QED) is 0.697. The minimum Gasteiger partial charge on any atom is -0.496 e. The molecule has 5 nitrogen and oxygen atoms in total. The van der Waals surface area contributed by atoms with Gasteiger partial charge in [0.15, 0.2) is 0 Å². The highest BCUT2D eigenvalue weighted by Gasteiger charge is 2.13. The highest BCUT2D eigenvalue weighted by molar-refractivity contribution is 9.10. The zero-order valence-corrected chi connectivity index (χ0v) is 13.7. The number of aromatic nitrogens is 2. The molecule has 0 fully saturated rings. The zero-order valence-electron chi connectivity index (χ0n) is 12.1. The Hall–Kier alpha value is -2.41. The third-order valence-electron chi connectivity index (χ3n) is 3.26. The molecule has 0 N–H and O–H groups in total. The van der Waals surface area contributed by atoms with Gasteiger partial charge in [-0.1, -0.05) is 15.9 Å². The first-order valence-corrected chi connectivity index (χ1v) is 7.52. The standard InChI is InChI=1S/C16H12BrFN2O3/c1-22-14-7-4-12(17)8-11(14)9-20-16(21)23-15(19-20)10-2-5-13(18)6-3-10/h2-8H,9H2,1H3. The lowest BCUT2D eigenvalue weighted by molar-refractivity contribution is 0.405. The molecule has 0 radical (unpaired) electrons. The average molecular weight is 379 g/mol.